The molecule has 0 radical (unpaired) electrons. The SMILES string of the molecule is NC(CC(=O)CCC1=CC(Cl)CC(Cl)=C1)c1nc2nc(Cl)ccc2[nH]1. The van der Waals surface area contributed by atoms with Gasteiger partial charge in [0.2, 0.25) is 0 Å². The second-order valence-corrected chi connectivity index (χ2v) is 7.46. The number of carbonyl (C=O) groups is 1. The molecule has 5 nitrogen and oxygen atoms in total. The fourth-order valence-electron chi connectivity index (χ4n) is 2.73. The van der Waals surface area contributed by atoms with Crippen LogP contribution < -0.4 is 5.73 Å². The van der Waals surface area contributed by atoms with Crippen molar-refractivity contribution in [2.45, 2.75) is 37.1 Å². The molecular weight excluding hydrogens is 383 g/mol. The van der Waals surface area contributed by atoms with Crippen LogP contribution in [0.15, 0.2) is 34.9 Å². The van der Waals surface area contributed by atoms with Crippen LogP contribution in [0.5, 0.6) is 0 Å². The van der Waals surface area contributed by atoms with Crippen molar-refractivity contribution in [3.8, 4) is 0 Å². The number of halogens is 3. The van der Waals surface area contributed by atoms with E-state index in [-0.39, 0.29) is 17.6 Å². The molecule has 0 bridgehead atoms. The Morgan fingerprint density at radius 1 is 1.36 bits per heavy atom. The number of aromatic amines is 1. The molecule has 3 N–H and O–H groups in total. The van der Waals surface area contributed by atoms with Crippen LogP contribution in [0, 0.1) is 0 Å². The van der Waals surface area contributed by atoms with Crippen molar-refractivity contribution < 1.29 is 4.79 Å². The number of hydrogen-bond donors (Lipinski definition) is 2. The third kappa shape index (κ3) is 4.82. The van der Waals surface area contributed by atoms with Crippen LogP contribution in [0.2, 0.25) is 5.15 Å². The van der Waals surface area contributed by atoms with E-state index in [0.717, 1.165) is 16.1 Å². The quantitative estimate of drug-likeness (QED) is 0.556. The number of alkyl halides is 1. The largest absolute Gasteiger partial charge is 0.339 e. The smallest absolute Gasteiger partial charge is 0.179 e. The number of nitrogens with zero attached hydrogens (tertiary/aromatic N) is 2. The normalized spacial score (nSPS) is 18.8. The van der Waals surface area contributed by atoms with Gasteiger partial charge >= 0.3 is 0 Å². The Labute approximate surface area is 160 Å². The third-order valence-corrected chi connectivity index (χ3v) is 4.70. The molecule has 132 valence electrons. The summed E-state index contributed by atoms with van der Waals surface area (Å²) in [6.45, 7) is 0. The van der Waals surface area contributed by atoms with E-state index in [1.807, 2.05) is 12.2 Å². The third-order valence-electron chi connectivity index (χ3n) is 3.95. The highest BCUT2D eigenvalue weighted by atomic mass is 35.5. The number of carbonyl (C=O) groups excluding carboxylic acids is 1. The Morgan fingerprint density at radius 2 is 2.16 bits per heavy atom. The lowest BCUT2D eigenvalue weighted by Gasteiger charge is -2.14. The Bertz CT molecular complexity index is 859. The number of allylic oxidation sites excluding steroid dienone is 4. The van der Waals surface area contributed by atoms with Crippen LogP contribution in [-0.4, -0.2) is 26.1 Å². The van der Waals surface area contributed by atoms with E-state index >= 15 is 0 Å². The highest BCUT2D eigenvalue weighted by Gasteiger charge is 2.17. The van der Waals surface area contributed by atoms with E-state index < -0.39 is 6.04 Å². The number of hydrogen-bond acceptors (Lipinski definition) is 4. The summed E-state index contributed by atoms with van der Waals surface area (Å²) in [5.41, 5.74) is 8.32. The maximum Gasteiger partial charge on any atom is 0.179 e. The van der Waals surface area contributed by atoms with Gasteiger partial charge in [0.25, 0.3) is 0 Å². The summed E-state index contributed by atoms with van der Waals surface area (Å²) >= 11 is 18.0. The Kier molecular flexibility index (Phi) is 5.79. The van der Waals surface area contributed by atoms with Gasteiger partial charge in [-0.3, -0.25) is 4.79 Å². The van der Waals surface area contributed by atoms with Gasteiger partial charge in [0.1, 0.15) is 16.8 Å². The highest BCUT2D eigenvalue weighted by molar-refractivity contribution is 6.31. The van der Waals surface area contributed by atoms with Crippen molar-refractivity contribution in [2.24, 2.45) is 5.73 Å². The molecule has 0 amide bonds. The molecule has 0 saturated carbocycles. The van der Waals surface area contributed by atoms with Gasteiger partial charge in [0.05, 0.1) is 16.9 Å². The van der Waals surface area contributed by atoms with Crippen molar-refractivity contribution in [2.75, 3.05) is 0 Å². The molecule has 1 aliphatic rings. The number of nitrogens with two attached hydrogens (primary N) is 1. The number of imidazole rings is 1. The van der Waals surface area contributed by atoms with Crippen molar-refractivity contribution in [3.63, 3.8) is 0 Å². The number of fused-ring (bicyclic) bond motifs is 1. The summed E-state index contributed by atoms with van der Waals surface area (Å²) in [6.07, 6.45) is 5.63. The molecule has 2 atom stereocenters. The summed E-state index contributed by atoms with van der Waals surface area (Å²) in [5.74, 6) is 0.583. The molecule has 8 heteroatoms. The van der Waals surface area contributed by atoms with Crippen LogP contribution in [0.3, 0.4) is 0 Å². The fraction of sp³-hybridized carbons (Fsp3) is 0.353. The van der Waals surface area contributed by atoms with Gasteiger partial charge in [-0.05, 0) is 30.2 Å². The zero-order chi connectivity index (χ0) is 18.0. The lowest BCUT2D eigenvalue weighted by atomic mass is 9.99. The Balaban J connectivity index is 1.58. The predicted octanol–water partition coefficient (Wildman–Crippen LogP) is 4.41. The first kappa shape index (κ1) is 18.4. The first-order chi connectivity index (χ1) is 11.9. The molecule has 0 fully saturated rings. The first-order valence-corrected chi connectivity index (χ1v) is 9.10. The van der Waals surface area contributed by atoms with Crippen molar-refractivity contribution in [3.05, 3.63) is 45.9 Å². The summed E-state index contributed by atoms with van der Waals surface area (Å²) in [6, 6.07) is 2.94. The van der Waals surface area contributed by atoms with Gasteiger partial charge < -0.3 is 10.7 Å². The maximum absolute atomic E-state index is 12.2. The minimum absolute atomic E-state index is 0.0565. The van der Waals surface area contributed by atoms with E-state index in [1.54, 1.807) is 12.1 Å². The fourth-order valence-corrected chi connectivity index (χ4v) is 3.59. The van der Waals surface area contributed by atoms with Crippen molar-refractivity contribution in [1.82, 2.24) is 15.0 Å². The van der Waals surface area contributed by atoms with Gasteiger partial charge in [-0.25, -0.2) is 9.97 Å². The first-order valence-electron chi connectivity index (χ1n) is 7.91. The zero-order valence-electron chi connectivity index (χ0n) is 13.3. The molecule has 2 unspecified atom stereocenters. The van der Waals surface area contributed by atoms with E-state index in [4.69, 9.17) is 40.5 Å². The number of pyridine rings is 1. The number of rotatable bonds is 6. The van der Waals surface area contributed by atoms with Crippen LogP contribution in [0.25, 0.3) is 11.2 Å². The molecule has 2 aromatic rings. The van der Waals surface area contributed by atoms with E-state index in [2.05, 4.69) is 15.0 Å². The zero-order valence-corrected chi connectivity index (χ0v) is 15.6. The molecule has 25 heavy (non-hydrogen) atoms. The Hall–Kier alpha value is -1.40. The van der Waals surface area contributed by atoms with Crippen LogP contribution >= 0.6 is 34.8 Å². The minimum Gasteiger partial charge on any atom is -0.339 e. The van der Waals surface area contributed by atoms with E-state index in [9.17, 15) is 4.79 Å². The predicted molar refractivity (Wildman–Crippen MR) is 101 cm³/mol. The number of aromatic nitrogens is 3. The molecule has 2 aromatic heterocycles. The summed E-state index contributed by atoms with van der Waals surface area (Å²) in [4.78, 5) is 23.7. The number of ketones is 1. The summed E-state index contributed by atoms with van der Waals surface area (Å²) in [5, 5.41) is 0.968. The second-order valence-electron chi connectivity index (χ2n) is 6.03. The topological polar surface area (TPSA) is 84.7 Å². The average Bonchev–Trinajstić information content (AvgIpc) is 2.95. The van der Waals surface area contributed by atoms with Gasteiger partial charge in [0.15, 0.2) is 5.65 Å². The maximum atomic E-state index is 12.2. The summed E-state index contributed by atoms with van der Waals surface area (Å²) in [7, 11) is 0. The molecular formula is C17H17Cl3N4O. The molecule has 0 saturated heterocycles. The average molecular weight is 400 g/mol. The van der Waals surface area contributed by atoms with Gasteiger partial charge in [-0.2, -0.15) is 0 Å². The summed E-state index contributed by atoms with van der Waals surface area (Å²) < 4.78 is 0. The lowest BCUT2D eigenvalue weighted by molar-refractivity contribution is -0.119. The number of H-pyrrole nitrogens is 1. The second kappa shape index (κ2) is 7.87. The highest BCUT2D eigenvalue weighted by Crippen LogP contribution is 2.27. The molecule has 1 aliphatic carbocycles. The molecule has 3 rings (SSSR count). The minimum atomic E-state index is -0.513. The van der Waals surface area contributed by atoms with Gasteiger partial charge in [-0.15, -0.1) is 11.6 Å². The van der Waals surface area contributed by atoms with Crippen molar-refractivity contribution >= 4 is 51.7 Å². The van der Waals surface area contributed by atoms with Crippen molar-refractivity contribution in [1.29, 1.82) is 0 Å². The van der Waals surface area contributed by atoms with Crippen LogP contribution in [0.4, 0.5) is 0 Å². The lowest BCUT2D eigenvalue weighted by Crippen LogP contribution is -2.17. The van der Waals surface area contributed by atoms with E-state index in [0.29, 0.717) is 35.9 Å². The van der Waals surface area contributed by atoms with Crippen LogP contribution in [0.1, 0.15) is 37.5 Å². The number of nitrogens with one attached hydrogen (secondary N) is 1. The standard InChI is InChI=1S/C17H17Cl3N4O/c18-10-5-9(6-11(19)7-10)1-2-12(25)8-13(21)16-22-14-3-4-15(20)23-17(14)24-16/h3-6,10,13H,1-2,7-8,21H2,(H,22,23,24). The molecule has 0 aromatic carbocycles. The number of Topliss-reactive ketones (excluding diaryl/α,β-unsaturated/α-hetero) is 1. The molecule has 0 aliphatic heterocycles. The Morgan fingerprint density at radius 3 is 2.92 bits per heavy atom. The molecule has 0 spiro atoms. The van der Waals surface area contributed by atoms with Gasteiger partial charge in [0, 0.05) is 24.3 Å². The molecule has 2 heterocycles. The van der Waals surface area contributed by atoms with Gasteiger partial charge in [-0.1, -0.05) is 29.3 Å². The van der Waals surface area contributed by atoms with Crippen LogP contribution in [-0.2, 0) is 4.79 Å². The van der Waals surface area contributed by atoms with E-state index in [1.165, 1.54) is 0 Å². The monoisotopic (exact) mass is 398 g/mol.